The van der Waals surface area contributed by atoms with Crippen molar-refractivity contribution in [3.63, 3.8) is 0 Å². The minimum atomic E-state index is -5.20. The van der Waals surface area contributed by atoms with Crippen molar-refractivity contribution < 1.29 is 32.2 Å². The van der Waals surface area contributed by atoms with Gasteiger partial charge in [-0.25, -0.2) is 19.7 Å². The monoisotopic (exact) mass is 449 g/mol. The molecule has 1 amide bonds. The number of alkyl halides is 3. The topological polar surface area (TPSA) is 147 Å². The van der Waals surface area contributed by atoms with Crippen LogP contribution >= 0.6 is 0 Å². The molecular weight excluding hydrogens is 435 g/mol. The standard InChI is InChI=1S/C18H14F3N7O4/c1-31-12-10(32-15(30)18(19,20)21)3-2-9-11(12)26-17(28-5-4-23-13(9)28)27-14(29)8-6-24-16(22)25-7-8/h2-3,6-7,23H,4-5H2,1H3,(H2,22,24,25). The van der Waals surface area contributed by atoms with E-state index in [2.05, 4.69) is 30.0 Å². The summed E-state index contributed by atoms with van der Waals surface area (Å²) in [6.45, 7) is 0.922. The van der Waals surface area contributed by atoms with E-state index >= 15 is 0 Å². The van der Waals surface area contributed by atoms with E-state index in [0.717, 1.165) is 0 Å². The lowest BCUT2D eigenvalue weighted by Gasteiger charge is -2.14. The van der Waals surface area contributed by atoms with Gasteiger partial charge in [-0.15, -0.1) is 0 Å². The van der Waals surface area contributed by atoms with E-state index in [4.69, 9.17) is 10.5 Å². The fourth-order valence-electron chi connectivity index (χ4n) is 3.07. The minimum Gasteiger partial charge on any atom is -0.491 e. The maximum absolute atomic E-state index is 12.6. The number of fused-ring (bicyclic) bond motifs is 3. The van der Waals surface area contributed by atoms with Crippen molar-refractivity contribution in [2.24, 2.45) is 4.99 Å². The van der Waals surface area contributed by atoms with E-state index < -0.39 is 23.8 Å². The fraction of sp³-hybridized carbons (Fsp3) is 0.222. The Balaban J connectivity index is 1.88. The third-order valence-electron chi connectivity index (χ3n) is 4.46. The first-order chi connectivity index (χ1) is 15.2. The zero-order chi connectivity index (χ0) is 23.0. The first-order valence-corrected chi connectivity index (χ1v) is 9.00. The summed E-state index contributed by atoms with van der Waals surface area (Å²) < 4.78 is 49.2. The molecule has 0 radical (unpaired) electrons. The molecule has 32 heavy (non-hydrogen) atoms. The van der Waals surface area contributed by atoms with Crippen LogP contribution in [0.1, 0.15) is 10.4 Å². The number of hydrogen-bond acceptors (Lipinski definition) is 9. The normalized spacial score (nSPS) is 13.6. The average molecular weight is 449 g/mol. The van der Waals surface area contributed by atoms with Crippen LogP contribution in [0, 0.1) is 0 Å². The van der Waals surface area contributed by atoms with Crippen molar-refractivity contribution in [3.8, 4) is 11.5 Å². The maximum atomic E-state index is 12.6. The van der Waals surface area contributed by atoms with Gasteiger partial charge in [-0.05, 0) is 12.1 Å². The van der Waals surface area contributed by atoms with Gasteiger partial charge in [0, 0.05) is 30.9 Å². The van der Waals surface area contributed by atoms with Crippen LogP contribution in [0.3, 0.4) is 0 Å². The molecule has 3 heterocycles. The second kappa shape index (κ2) is 7.79. The number of anilines is 2. The fourth-order valence-corrected chi connectivity index (χ4v) is 3.07. The number of hydrogen-bond donors (Lipinski definition) is 2. The molecule has 0 fully saturated rings. The molecule has 0 atom stereocenters. The molecule has 0 spiro atoms. The molecule has 0 saturated heterocycles. The van der Waals surface area contributed by atoms with E-state index in [-0.39, 0.29) is 28.4 Å². The van der Waals surface area contributed by atoms with E-state index in [0.29, 0.717) is 24.3 Å². The molecule has 2 aromatic heterocycles. The largest absolute Gasteiger partial charge is 0.491 e. The molecule has 1 aromatic carbocycles. The van der Waals surface area contributed by atoms with Crippen LogP contribution in [-0.2, 0) is 11.3 Å². The van der Waals surface area contributed by atoms with E-state index in [1.54, 1.807) is 4.57 Å². The molecule has 1 aliphatic rings. The predicted molar refractivity (Wildman–Crippen MR) is 103 cm³/mol. The van der Waals surface area contributed by atoms with Crippen LogP contribution in [0.2, 0.25) is 0 Å². The van der Waals surface area contributed by atoms with Crippen molar-refractivity contribution in [1.29, 1.82) is 0 Å². The number of nitrogens with zero attached hydrogens (tertiary/aromatic N) is 5. The molecule has 0 aliphatic carbocycles. The Bertz CT molecular complexity index is 1300. The van der Waals surface area contributed by atoms with Gasteiger partial charge in [0.1, 0.15) is 11.3 Å². The van der Waals surface area contributed by atoms with Crippen LogP contribution in [-0.4, -0.2) is 51.2 Å². The highest BCUT2D eigenvalue weighted by Gasteiger charge is 2.42. The van der Waals surface area contributed by atoms with E-state index in [9.17, 15) is 22.8 Å². The van der Waals surface area contributed by atoms with Gasteiger partial charge in [-0.1, -0.05) is 0 Å². The van der Waals surface area contributed by atoms with Crippen molar-refractivity contribution in [1.82, 2.24) is 19.5 Å². The summed E-state index contributed by atoms with van der Waals surface area (Å²) >= 11 is 0. The molecule has 14 heteroatoms. The Morgan fingerprint density at radius 1 is 1.25 bits per heavy atom. The van der Waals surface area contributed by atoms with Crippen LogP contribution < -0.4 is 26.1 Å². The van der Waals surface area contributed by atoms with Gasteiger partial charge in [0.25, 0.3) is 5.91 Å². The zero-order valence-corrected chi connectivity index (χ0v) is 16.3. The molecule has 4 rings (SSSR count). The summed E-state index contributed by atoms with van der Waals surface area (Å²) in [5, 5.41) is 3.57. The Labute approximate surface area is 176 Å². The Hall–Kier alpha value is -4.23. The lowest BCUT2D eigenvalue weighted by atomic mass is 10.2. The molecule has 166 valence electrons. The van der Waals surface area contributed by atoms with E-state index in [1.807, 2.05) is 0 Å². The number of nitrogens with two attached hydrogens (primary N) is 1. The molecule has 0 bridgehead atoms. The lowest BCUT2D eigenvalue weighted by molar-refractivity contribution is -0.189. The number of benzene rings is 1. The number of aromatic nitrogens is 4. The number of methoxy groups -OCH3 is 1. The van der Waals surface area contributed by atoms with Gasteiger partial charge in [-0.3, -0.25) is 9.36 Å². The second-order valence-electron chi connectivity index (χ2n) is 6.47. The lowest BCUT2D eigenvalue weighted by Crippen LogP contribution is -2.28. The van der Waals surface area contributed by atoms with Crippen molar-refractivity contribution in [2.45, 2.75) is 12.7 Å². The van der Waals surface area contributed by atoms with Gasteiger partial charge < -0.3 is 20.5 Å². The molecule has 3 N–H and O–H groups in total. The molecule has 0 saturated carbocycles. The highest BCUT2D eigenvalue weighted by molar-refractivity contribution is 5.97. The summed E-state index contributed by atoms with van der Waals surface area (Å²) in [6, 6.07) is 2.59. The second-order valence-corrected chi connectivity index (χ2v) is 6.47. The SMILES string of the molecule is COc1c(OC(=O)C(F)(F)F)ccc2c3n(c(=NC(=O)c4cnc(N)nc4)nc12)CCN3. The number of carbonyl (C=O) groups is 2. The highest BCUT2D eigenvalue weighted by Crippen LogP contribution is 2.38. The van der Waals surface area contributed by atoms with Gasteiger partial charge >= 0.3 is 12.1 Å². The van der Waals surface area contributed by atoms with E-state index in [1.165, 1.54) is 31.6 Å². The van der Waals surface area contributed by atoms with Crippen LogP contribution in [0.4, 0.5) is 24.9 Å². The Morgan fingerprint density at radius 2 is 1.97 bits per heavy atom. The molecule has 3 aromatic rings. The summed E-state index contributed by atoms with van der Waals surface area (Å²) in [6.07, 6.45) is -2.79. The smallest absolute Gasteiger partial charge is 0.491 e. The van der Waals surface area contributed by atoms with Crippen molar-refractivity contribution in [3.05, 3.63) is 35.7 Å². The molecular formula is C18H14F3N7O4. The maximum Gasteiger partial charge on any atom is 0.491 e. The number of carbonyl (C=O) groups excluding carboxylic acids is 2. The average Bonchev–Trinajstić information content (AvgIpc) is 3.24. The third-order valence-corrected chi connectivity index (χ3v) is 4.46. The van der Waals surface area contributed by atoms with Crippen molar-refractivity contribution >= 4 is 34.5 Å². The first-order valence-electron chi connectivity index (χ1n) is 9.00. The summed E-state index contributed by atoms with van der Waals surface area (Å²) in [4.78, 5) is 39.6. The minimum absolute atomic E-state index is 0.0180. The summed E-state index contributed by atoms with van der Waals surface area (Å²) in [7, 11) is 1.18. The number of nitrogens with one attached hydrogen (secondary N) is 1. The zero-order valence-electron chi connectivity index (χ0n) is 16.3. The van der Waals surface area contributed by atoms with Gasteiger partial charge in [-0.2, -0.15) is 18.2 Å². The predicted octanol–water partition coefficient (Wildman–Crippen LogP) is 1.05. The first kappa shape index (κ1) is 21.0. The molecule has 11 nitrogen and oxygen atoms in total. The van der Waals surface area contributed by atoms with Crippen LogP contribution in [0.15, 0.2) is 29.5 Å². The van der Waals surface area contributed by atoms with Gasteiger partial charge in [0.2, 0.25) is 11.6 Å². The number of amides is 1. The molecule has 1 aliphatic heterocycles. The van der Waals surface area contributed by atoms with Gasteiger partial charge in [0.15, 0.2) is 11.5 Å². The van der Waals surface area contributed by atoms with Crippen LogP contribution in [0.25, 0.3) is 10.9 Å². The number of esters is 1. The highest BCUT2D eigenvalue weighted by atomic mass is 19.4. The number of rotatable bonds is 3. The number of ether oxygens (including phenoxy) is 2. The summed E-state index contributed by atoms with van der Waals surface area (Å²) in [5.41, 5.74) is 5.47. The van der Waals surface area contributed by atoms with Gasteiger partial charge in [0.05, 0.1) is 12.7 Å². The van der Waals surface area contributed by atoms with Crippen molar-refractivity contribution in [2.75, 3.05) is 24.7 Å². The number of halogens is 3. The Morgan fingerprint density at radius 3 is 2.62 bits per heavy atom. The quantitative estimate of drug-likeness (QED) is 0.442. The summed E-state index contributed by atoms with van der Waals surface area (Å²) in [5.74, 6) is -3.33. The third kappa shape index (κ3) is 3.77. The van der Waals surface area contributed by atoms with Crippen LogP contribution in [0.5, 0.6) is 11.5 Å². The number of nitrogen functional groups attached to an aromatic ring is 1. The Kier molecular flexibility index (Phi) is 5.12. The molecule has 0 unspecified atom stereocenters.